The molecular weight excluding hydrogens is 308 g/mol. The number of benzene rings is 2. The molecule has 0 N–H and O–H groups in total. The number of hydrogen-bond donors (Lipinski definition) is 0. The van der Waals surface area contributed by atoms with Crippen molar-refractivity contribution in [2.75, 3.05) is 0 Å². The lowest BCUT2D eigenvalue weighted by Crippen LogP contribution is -1.98. The maximum atomic E-state index is 5.93. The molecule has 0 heterocycles. The quantitative estimate of drug-likeness (QED) is 0.643. The van der Waals surface area contributed by atoms with Crippen LogP contribution in [-0.2, 0) is 6.42 Å². The second kappa shape index (κ2) is 4.91. The Bertz CT molecular complexity index is 611. The SMILES string of the molecule is Clc1ccc(C2=Cc3cc(Br)ccc3CC2)cc1. The van der Waals surface area contributed by atoms with E-state index in [9.17, 15) is 0 Å². The lowest BCUT2D eigenvalue weighted by atomic mass is 9.89. The van der Waals surface area contributed by atoms with Gasteiger partial charge in [0.25, 0.3) is 0 Å². The van der Waals surface area contributed by atoms with E-state index in [1.54, 1.807) is 0 Å². The van der Waals surface area contributed by atoms with E-state index < -0.39 is 0 Å². The van der Waals surface area contributed by atoms with Gasteiger partial charge in [-0.25, -0.2) is 0 Å². The van der Waals surface area contributed by atoms with E-state index in [1.807, 2.05) is 12.1 Å². The second-order valence-electron chi connectivity index (χ2n) is 4.52. The highest BCUT2D eigenvalue weighted by Gasteiger charge is 2.11. The highest BCUT2D eigenvalue weighted by Crippen LogP contribution is 2.32. The summed E-state index contributed by atoms with van der Waals surface area (Å²) in [5, 5.41) is 0.790. The van der Waals surface area contributed by atoms with Crippen molar-refractivity contribution >= 4 is 39.2 Å². The fraction of sp³-hybridized carbons (Fsp3) is 0.125. The zero-order chi connectivity index (χ0) is 12.5. The molecule has 0 radical (unpaired) electrons. The zero-order valence-corrected chi connectivity index (χ0v) is 12.1. The summed E-state index contributed by atoms with van der Waals surface area (Å²) in [7, 11) is 0. The maximum Gasteiger partial charge on any atom is 0.0406 e. The van der Waals surface area contributed by atoms with Crippen LogP contribution in [-0.4, -0.2) is 0 Å². The molecule has 1 aliphatic carbocycles. The highest BCUT2D eigenvalue weighted by atomic mass is 79.9. The van der Waals surface area contributed by atoms with Crippen LogP contribution < -0.4 is 0 Å². The first-order valence-electron chi connectivity index (χ1n) is 5.97. The van der Waals surface area contributed by atoms with Gasteiger partial charge in [0.15, 0.2) is 0 Å². The molecule has 0 spiro atoms. The minimum absolute atomic E-state index is 0.790. The van der Waals surface area contributed by atoms with E-state index >= 15 is 0 Å². The van der Waals surface area contributed by atoms with Crippen LogP contribution in [0.3, 0.4) is 0 Å². The van der Waals surface area contributed by atoms with E-state index in [0.29, 0.717) is 0 Å². The zero-order valence-electron chi connectivity index (χ0n) is 9.79. The Morgan fingerprint density at radius 3 is 2.50 bits per heavy atom. The molecule has 2 aromatic rings. The summed E-state index contributed by atoms with van der Waals surface area (Å²) in [6.45, 7) is 0. The van der Waals surface area contributed by atoms with Gasteiger partial charge in [-0.15, -0.1) is 0 Å². The molecule has 2 aromatic carbocycles. The van der Waals surface area contributed by atoms with Gasteiger partial charge in [-0.2, -0.15) is 0 Å². The van der Waals surface area contributed by atoms with Gasteiger partial charge in [0, 0.05) is 9.50 Å². The molecule has 18 heavy (non-hydrogen) atoms. The molecule has 0 aliphatic heterocycles. The van der Waals surface area contributed by atoms with Gasteiger partial charge in [-0.1, -0.05) is 51.8 Å². The number of aryl methyl sites for hydroxylation is 1. The first-order chi connectivity index (χ1) is 8.72. The lowest BCUT2D eigenvalue weighted by Gasteiger charge is -2.17. The normalized spacial score (nSPS) is 14.0. The van der Waals surface area contributed by atoms with Crippen molar-refractivity contribution in [1.82, 2.24) is 0 Å². The van der Waals surface area contributed by atoms with Crippen molar-refractivity contribution in [3.8, 4) is 0 Å². The molecule has 0 aromatic heterocycles. The smallest absolute Gasteiger partial charge is 0.0406 e. The molecule has 0 saturated carbocycles. The largest absolute Gasteiger partial charge is 0.0843 e. The van der Waals surface area contributed by atoms with E-state index in [0.717, 1.165) is 22.3 Å². The molecule has 0 saturated heterocycles. The van der Waals surface area contributed by atoms with Gasteiger partial charge in [-0.05, 0) is 59.4 Å². The summed E-state index contributed by atoms with van der Waals surface area (Å²) in [5.41, 5.74) is 5.40. The van der Waals surface area contributed by atoms with Gasteiger partial charge in [0.1, 0.15) is 0 Å². The summed E-state index contributed by atoms with van der Waals surface area (Å²) in [6, 6.07) is 14.6. The molecule has 0 unspecified atom stereocenters. The Kier molecular flexibility index (Phi) is 3.27. The molecule has 90 valence electrons. The molecule has 0 nitrogen and oxygen atoms in total. The predicted octanol–water partition coefficient (Wildman–Crippen LogP) is 5.59. The number of fused-ring (bicyclic) bond motifs is 1. The number of hydrogen-bond acceptors (Lipinski definition) is 0. The molecule has 3 rings (SSSR count). The van der Waals surface area contributed by atoms with Crippen molar-refractivity contribution in [2.45, 2.75) is 12.8 Å². The van der Waals surface area contributed by atoms with Crippen LogP contribution >= 0.6 is 27.5 Å². The molecule has 0 atom stereocenters. The van der Waals surface area contributed by atoms with Crippen LogP contribution in [0.5, 0.6) is 0 Å². The fourth-order valence-electron chi connectivity index (χ4n) is 2.35. The van der Waals surface area contributed by atoms with Crippen LogP contribution in [0.4, 0.5) is 0 Å². The Labute approximate surface area is 120 Å². The lowest BCUT2D eigenvalue weighted by molar-refractivity contribution is 1.000. The van der Waals surface area contributed by atoms with Crippen LogP contribution in [0, 0.1) is 0 Å². The fourth-order valence-corrected chi connectivity index (χ4v) is 2.85. The topological polar surface area (TPSA) is 0 Å². The van der Waals surface area contributed by atoms with Gasteiger partial charge < -0.3 is 0 Å². The summed E-state index contributed by atoms with van der Waals surface area (Å²) < 4.78 is 1.13. The third-order valence-electron chi connectivity index (χ3n) is 3.32. The van der Waals surface area contributed by atoms with Gasteiger partial charge in [0.05, 0.1) is 0 Å². The van der Waals surface area contributed by atoms with Crippen molar-refractivity contribution in [2.24, 2.45) is 0 Å². The Morgan fingerprint density at radius 2 is 1.72 bits per heavy atom. The molecule has 0 bridgehead atoms. The van der Waals surface area contributed by atoms with Gasteiger partial charge in [-0.3, -0.25) is 0 Å². The summed E-state index contributed by atoms with van der Waals surface area (Å²) >= 11 is 9.46. The third kappa shape index (κ3) is 2.38. The van der Waals surface area contributed by atoms with Crippen molar-refractivity contribution in [1.29, 1.82) is 0 Å². The van der Waals surface area contributed by atoms with E-state index in [1.165, 1.54) is 22.3 Å². The van der Waals surface area contributed by atoms with Crippen LogP contribution in [0.25, 0.3) is 11.6 Å². The van der Waals surface area contributed by atoms with Crippen molar-refractivity contribution in [3.63, 3.8) is 0 Å². The molecule has 1 aliphatic rings. The highest BCUT2D eigenvalue weighted by molar-refractivity contribution is 9.10. The summed E-state index contributed by atoms with van der Waals surface area (Å²) in [6.07, 6.45) is 4.49. The first-order valence-corrected chi connectivity index (χ1v) is 7.14. The van der Waals surface area contributed by atoms with E-state index in [4.69, 9.17) is 11.6 Å². The van der Waals surface area contributed by atoms with Crippen LogP contribution in [0.1, 0.15) is 23.1 Å². The average molecular weight is 320 g/mol. The molecule has 0 amide bonds. The van der Waals surface area contributed by atoms with Gasteiger partial charge >= 0.3 is 0 Å². The third-order valence-corrected chi connectivity index (χ3v) is 4.06. The van der Waals surface area contributed by atoms with Crippen LogP contribution in [0.15, 0.2) is 46.9 Å². The van der Waals surface area contributed by atoms with E-state index in [-0.39, 0.29) is 0 Å². The Morgan fingerprint density at radius 1 is 0.944 bits per heavy atom. The monoisotopic (exact) mass is 318 g/mol. The molecular formula is C16H12BrCl. The maximum absolute atomic E-state index is 5.93. The molecule has 0 fully saturated rings. The summed E-state index contributed by atoms with van der Waals surface area (Å²) in [4.78, 5) is 0. The Hall–Kier alpha value is -1.05. The number of allylic oxidation sites excluding steroid dienone is 1. The second-order valence-corrected chi connectivity index (χ2v) is 5.87. The van der Waals surface area contributed by atoms with Gasteiger partial charge in [0.2, 0.25) is 0 Å². The standard InChI is InChI=1S/C16H12BrCl/c17-15-6-3-12-1-2-13(9-14(12)10-15)11-4-7-16(18)8-5-11/h3-10H,1-2H2. The minimum atomic E-state index is 0.790. The van der Waals surface area contributed by atoms with Crippen molar-refractivity contribution < 1.29 is 0 Å². The van der Waals surface area contributed by atoms with Crippen LogP contribution in [0.2, 0.25) is 5.02 Å². The Balaban J connectivity index is 2.02. The number of rotatable bonds is 1. The van der Waals surface area contributed by atoms with E-state index in [2.05, 4.69) is 52.3 Å². The first kappa shape index (κ1) is 12.0. The minimum Gasteiger partial charge on any atom is -0.0843 e. The number of halogens is 2. The average Bonchev–Trinajstić information content (AvgIpc) is 2.38. The predicted molar refractivity (Wildman–Crippen MR) is 81.8 cm³/mol. The summed E-state index contributed by atoms with van der Waals surface area (Å²) in [5.74, 6) is 0. The molecule has 2 heteroatoms. The van der Waals surface area contributed by atoms with Crippen molar-refractivity contribution in [3.05, 3.63) is 68.7 Å².